The van der Waals surface area contributed by atoms with Crippen molar-refractivity contribution in [3.63, 3.8) is 0 Å². The Morgan fingerprint density at radius 2 is 1.73 bits per heavy atom. The molecule has 152 valence electrons. The smallest absolute Gasteiger partial charge is 0.230 e. The monoisotopic (exact) mass is 416 g/mol. The molecule has 4 aromatic rings. The van der Waals surface area contributed by atoms with E-state index in [9.17, 15) is 4.79 Å². The van der Waals surface area contributed by atoms with Crippen LogP contribution in [0.3, 0.4) is 0 Å². The molecule has 30 heavy (non-hydrogen) atoms. The second-order valence-corrected chi connectivity index (χ2v) is 8.19. The Hall–Kier alpha value is -3.12. The molecular formula is C24H24N4OS. The van der Waals surface area contributed by atoms with Crippen LogP contribution < -0.4 is 5.32 Å². The molecule has 0 saturated carbocycles. The zero-order chi connectivity index (χ0) is 20.9. The van der Waals surface area contributed by atoms with Crippen molar-refractivity contribution in [2.75, 3.05) is 5.75 Å². The largest absolute Gasteiger partial charge is 0.349 e. The second kappa shape index (κ2) is 9.13. The van der Waals surface area contributed by atoms with E-state index in [1.807, 2.05) is 54.8 Å². The molecule has 0 saturated heterocycles. The van der Waals surface area contributed by atoms with Gasteiger partial charge in [-0.3, -0.25) is 4.79 Å². The van der Waals surface area contributed by atoms with Crippen molar-refractivity contribution in [3.05, 3.63) is 89.7 Å². The molecule has 0 bridgehead atoms. The number of nitrogens with one attached hydrogen (secondary N) is 1. The first kappa shape index (κ1) is 20.2. The number of aryl methyl sites for hydroxylation is 1. The molecular weight excluding hydrogens is 392 g/mol. The molecule has 0 aliphatic carbocycles. The Morgan fingerprint density at radius 1 is 1.00 bits per heavy atom. The Balaban J connectivity index is 1.41. The van der Waals surface area contributed by atoms with Gasteiger partial charge in [0.1, 0.15) is 5.82 Å². The molecule has 0 spiro atoms. The predicted molar refractivity (Wildman–Crippen MR) is 122 cm³/mol. The van der Waals surface area contributed by atoms with E-state index in [0.717, 1.165) is 16.5 Å². The van der Waals surface area contributed by atoms with Gasteiger partial charge >= 0.3 is 0 Å². The lowest BCUT2D eigenvalue weighted by Gasteiger charge is -2.16. The maximum absolute atomic E-state index is 12.6. The van der Waals surface area contributed by atoms with E-state index in [0.29, 0.717) is 12.3 Å². The lowest BCUT2D eigenvalue weighted by Crippen LogP contribution is -2.28. The van der Waals surface area contributed by atoms with Gasteiger partial charge < -0.3 is 9.88 Å². The highest BCUT2D eigenvalue weighted by Gasteiger charge is 2.15. The summed E-state index contributed by atoms with van der Waals surface area (Å²) < 4.78 is 2.04. The van der Waals surface area contributed by atoms with Crippen LogP contribution in [0.15, 0.2) is 78.0 Å². The summed E-state index contributed by atoms with van der Waals surface area (Å²) in [6.45, 7) is 4.64. The minimum Gasteiger partial charge on any atom is -0.349 e. The Labute approximate surface area is 180 Å². The molecule has 6 heteroatoms. The van der Waals surface area contributed by atoms with Gasteiger partial charge in [-0.15, -0.1) is 10.2 Å². The van der Waals surface area contributed by atoms with Crippen molar-refractivity contribution >= 4 is 28.4 Å². The second-order valence-electron chi connectivity index (χ2n) is 7.25. The summed E-state index contributed by atoms with van der Waals surface area (Å²) in [7, 11) is 0. The summed E-state index contributed by atoms with van der Waals surface area (Å²) in [5, 5.41) is 14.7. The Kier molecular flexibility index (Phi) is 6.14. The van der Waals surface area contributed by atoms with Crippen molar-refractivity contribution in [3.8, 4) is 0 Å². The SMILES string of the molecule is Cc1nnc(SCC(=O)NC(C)c2cccc3ccccc23)n1Cc1ccccc1. The van der Waals surface area contributed by atoms with Gasteiger partial charge in [0.25, 0.3) is 0 Å². The molecule has 1 amide bonds. The van der Waals surface area contributed by atoms with Crippen LogP contribution in [0, 0.1) is 6.92 Å². The van der Waals surface area contributed by atoms with Crippen molar-refractivity contribution in [2.24, 2.45) is 0 Å². The first-order valence-corrected chi connectivity index (χ1v) is 10.9. The zero-order valence-corrected chi connectivity index (χ0v) is 17.9. The van der Waals surface area contributed by atoms with Gasteiger partial charge in [0.2, 0.25) is 5.91 Å². The maximum Gasteiger partial charge on any atom is 0.230 e. The number of carbonyl (C=O) groups excluding carboxylic acids is 1. The van der Waals surface area contributed by atoms with Crippen LogP contribution >= 0.6 is 11.8 Å². The number of rotatable bonds is 7. The van der Waals surface area contributed by atoms with Crippen molar-refractivity contribution < 1.29 is 4.79 Å². The van der Waals surface area contributed by atoms with E-state index in [1.54, 1.807) is 0 Å². The highest BCUT2D eigenvalue weighted by molar-refractivity contribution is 7.99. The molecule has 1 unspecified atom stereocenters. The number of amides is 1. The third-order valence-electron chi connectivity index (χ3n) is 5.09. The summed E-state index contributed by atoms with van der Waals surface area (Å²) in [6.07, 6.45) is 0. The van der Waals surface area contributed by atoms with Gasteiger partial charge in [0.15, 0.2) is 5.16 Å². The molecule has 1 atom stereocenters. The molecule has 1 aromatic heterocycles. The van der Waals surface area contributed by atoms with Gasteiger partial charge in [0, 0.05) is 0 Å². The van der Waals surface area contributed by atoms with E-state index in [1.165, 1.54) is 28.1 Å². The molecule has 4 rings (SSSR count). The fraction of sp³-hybridized carbons (Fsp3) is 0.208. The van der Waals surface area contributed by atoms with E-state index >= 15 is 0 Å². The van der Waals surface area contributed by atoms with Crippen LogP contribution in [0.1, 0.15) is 29.9 Å². The molecule has 3 aromatic carbocycles. The van der Waals surface area contributed by atoms with Gasteiger partial charge in [0.05, 0.1) is 18.3 Å². The van der Waals surface area contributed by atoms with E-state index in [-0.39, 0.29) is 11.9 Å². The fourth-order valence-corrected chi connectivity index (χ4v) is 4.33. The molecule has 1 heterocycles. The standard InChI is InChI=1S/C24H24N4OS/c1-17(21-14-8-12-20-11-6-7-13-22(20)21)25-23(29)16-30-24-27-26-18(2)28(24)15-19-9-4-3-5-10-19/h3-14,17H,15-16H2,1-2H3,(H,25,29). The van der Waals surface area contributed by atoms with Gasteiger partial charge in [-0.2, -0.15) is 0 Å². The van der Waals surface area contributed by atoms with Crippen LogP contribution in [0.4, 0.5) is 0 Å². The number of aromatic nitrogens is 3. The number of hydrogen-bond donors (Lipinski definition) is 1. The molecule has 5 nitrogen and oxygen atoms in total. The van der Waals surface area contributed by atoms with Gasteiger partial charge in [-0.25, -0.2) is 0 Å². The summed E-state index contributed by atoms with van der Waals surface area (Å²) in [4.78, 5) is 12.6. The Morgan fingerprint density at radius 3 is 2.57 bits per heavy atom. The number of thioether (sulfide) groups is 1. The van der Waals surface area contributed by atoms with E-state index in [2.05, 4.69) is 51.9 Å². The number of nitrogens with zero attached hydrogens (tertiary/aromatic N) is 3. The highest BCUT2D eigenvalue weighted by Crippen LogP contribution is 2.24. The van der Waals surface area contributed by atoms with E-state index < -0.39 is 0 Å². The van der Waals surface area contributed by atoms with Crippen LogP contribution in [0.25, 0.3) is 10.8 Å². The average Bonchev–Trinajstić information content (AvgIpc) is 3.12. The minimum absolute atomic E-state index is 0.0210. The lowest BCUT2D eigenvalue weighted by atomic mass is 10.00. The number of benzene rings is 3. The van der Waals surface area contributed by atoms with Gasteiger partial charge in [-0.1, -0.05) is 84.6 Å². The van der Waals surface area contributed by atoms with Crippen molar-refractivity contribution in [1.82, 2.24) is 20.1 Å². The number of hydrogen-bond acceptors (Lipinski definition) is 4. The summed E-state index contributed by atoms with van der Waals surface area (Å²) in [6, 6.07) is 24.5. The van der Waals surface area contributed by atoms with E-state index in [4.69, 9.17) is 0 Å². The molecule has 1 N–H and O–H groups in total. The first-order chi connectivity index (χ1) is 14.6. The number of fused-ring (bicyclic) bond motifs is 1. The molecule has 0 fully saturated rings. The zero-order valence-electron chi connectivity index (χ0n) is 17.1. The van der Waals surface area contributed by atoms with Crippen molar-refractivity contribution in [2.45, 2.75) is 31.6 Å². The van der Waals surface area contributed by atoms with Crippen molar-refractivity contribution in [1.29, 1.82) is 0 Å². The summed E-state index contributed by atoms with van der Waals surface area (Å²) in [5.74, 6) is 1.11. The minimum atomic E-state index is -0.0758. The third kappa shape index (κ3) is 4.54. The molecule has 0 aliphatic rings. The summed E-state index contributed by atoms with van der Waals surface area (Å²) >= 11 is 1.41. The average molecular weight is 417 g/mol. The van der Waals surface area contributed by atoms with Crippen LogP contribution in [-0.2, 0) is 11.3 Å². The van der Waals surface area contributed by atoms with Crippen LogP contribution in [-0.4, -0.2) is 26.4 Å². The predicted octanol–water partition coefficient (Wildman–Crippen LogP) is 4.76. The van der Waals surface area contributed by atoms with Gasteiger partial charge in [-0.05, 0) is 35.7 Å². The summed E-state index contributed by atoms with van der Waals surface area (Å²) in [5.41, 5.74) is 2.30. The quantitative estimate of drug-likeness (QED) is 0.442. The highest BCUT2D eigenvalue weighted by atomic mass is 32.2. The fourth-order valence-electron chi connectivity index (χ4n) is 3.54. The maximum atomic E-state index is 12.6. The third-order valence-corrected chi connectivity index (χ3v) is 6.05. The van der Waals surface area contributed by atoms with Crippen LogP contribution in [0.2, 0.25) is 0 Å². The first-order valence-electron chi connectivity index (χ1n) is 9.95. The molecule has 0 aliphatic heterocycles. The lowest BCUT2D eigenvalue weighted by molar-refractivity contribution is -0.119. The number of carbonyl (C=O) groups is 1. The topological polar surface area (TPSA) is 59.8 Å². The normalized spacial score (nSPS) is 12.1. The Bertz CT molecular complexity index is 1150. The van der Waals surface area contributed by atoms with Crippen LogP contribution in [0.5, 0.6) is 0 Å². The molecule has 0 radical (unpaired) electrons.